The number of carbonyl (C=O) groups is 1. The van der Waals surface area contributed by atoms with Gasteiger partial charge < -0.3 is 20.8 Å². The number of carbonyl (C=O) groups excluding carboxylic acids is 1. The summed E-state index contributed by atoms with van der Waals surface area (Å²) in [6.07, 6.45) is 18.4. The van der Waals surface area contributed by atoms with Gasteiger partial charge >= 0.3 is 0 Å². The van der Waals surface area contributed by atoms with E-state index in [1.807, 2.05) is 44.2 Å². The quantitative estimate of drug-likeness (QED) is 0.203. The Morgan fingerprint density at radius 1 is 1.29 bits per heavy atom. The lowest BCUT2D eigenvalue weighted by atomic mass is 9.92. The number of ether oxygens (including phenoxy) is 1. The number of hydrogen-bond donors (Lipinski definition) is 3. The summed E-state index contributed by atoms with van der Waals surface area (Å²) in [5.41, 5.74) is 2.54. The van der Waals surface area contributed by atoms with Crippen molar-refractivity contribution < 1.29 is 18.3 Å². The van der Waals surface area contributed by atoms with Crippen LogP contribution in [0.25, 0.3) is 0 Å². The molecule has 1 fully saturated rings. The van der Waals surface area contributed by atoms with Gasteiger partial charge in [-0.05, 0) is 69.2 Å². The first-order valence-corrected chi connectivity index (χ1v) is 11.8. The van der Waals surface area contributed by atoms with Crippen LogP contribution in [0.15, 0.2) is 71.2 Å². The number of amides is 1. The highest BCUT2D eigenvalue weighted by Crippen LogP contribution is 2.24. The Morgan fingerprint density at radius 3 is 2.74 bits per heavy atom. The zero-order valence-electron chi connectivity index (χ0n) is 20.6. The Hall–Kier alpha value is -2.96. The van der Waals surface area contributed by atoms with Crippen LogP contribution in [0.1, 0.15) is 53.4 Å². The second kappa shape index (κ2) is 13.1. The van der Waals surface area contributed by atoms with Gasteiger partial charge in [-0.15, -0.1) is 0 Å². The number of rotatable bonds is 11. The lowest BCUT2D eigenvalue weighted by Gasteiger charge is -2.28. The van der Waals surface area contributed by atoms with E-state index >= 15 is 0 Å². The average Bonchev–Trinajstić information content (AvgIpc) is 2.79. The maximum Gasteiger partial charge on any atom is 0.278 e. The fourth-order valence-electron chi connectivity index (χ4n) is 3.52. The molecule has 1 amide bonds. The fraction of sp³-hybridized carbons (Fsp3) is 0.481. The maximum absolute atomic E-state index is 13.0. The highest BCUT2D eigenvalue weighted by molar-refractivity contribution is 6.10. The lowest BCUT2D eigenvalue weighted by Crippen LogP contribution is -2.50. The molecule has 2 aliphatic rings. The smallest absolute Gasteiger partial charge is 0.278 e. The normalized spacial score (nSPS) is 23.1. The van der Waals surface area contributed by atoms with E-state index in [4.69, 9.17) is 10.1 Å². The summed E-state index contributed by atoms with van der Waals surface area (Å²) in [7, 11) is 0. The fourth-order valence-corrected chi connectivity index (χ4v) is 3.52. The third kappa shape index (κ3) is 9.89. The third-order valence-corrected chi connectivity index (χ3v) is 5.54. The van der Waals surface area contributed by atoms with E-state index < -0.39 is 12.5 Å². The van der Waals surface area contributed by atoms with Crippen molar-refractivity contribution in [1.29, 1.82) is 5.41 Å². The molecule has 1 saturated heterocycles. The Kier molecular flexibility index (Phi) is 10.5. The zero-order chi connectivity index (χ0) is 25.1. The molecule has 3 N–H and O–H groups in total. The first-order chi connectivity index (χ1) is 16.1. The average molecular weight is 474 g/mol. The van der Waals surface area contributed by atoms with Crippen molar-refractivity contribution in [3.8, 4) is 0 Å². The molecule has 1 heterocycles. The standard InChI is InChI=1S/C27H37F2N3O2/c1-5-6-8-19(2)11-12-20(3)24(30)16-25-26(33)32-22(17-31-25)14-13-21-9-7-10-23(15-21)34-18-27(4,28)29/h6-8,10-12,15-16,21-22,30-31H,5,9,13-14,17-18H2,1-4H3,(H,32,33)/b8-6+,19-11-,20-12+,25-16-,30-24?. The number of halogens is 2. The van der Waals surface area contributed by atoms with Crippen molar-refractivity contribution in [2.75, 3.05) is 13.2 Å². The van der Waals surface area contributed by atoms with Crippen LogP contribution in [0, 0.1) is 11.3 Å². The molecule has 7 heteroatoms. The summed E-state index contributed by atoms with van der Waals surface area (Å²) in [5.74, 6) is -2.43. The molecule has 0 aromatic rings. The molecule has 34 heavy (non-hydrogen) atoms. The maximum atomic E-state index is 13.0. The highest BCUT2D eigenvalue weighted by Gasteiger charge is 2.25. The van der Waals surface area contributed by atoms with Crippen LogP contribution in [0.4, 0.5) is 8.78 Å². The van der Waals surface area contributed by atoms with E-state index in [1.165, 1.54) is 0 Å². The summed E-state index contributed by atoms with van der Waals surface area (Å²) in [6, 6.07) is -0.0324. The topological polar surface area (TPSA) is 74.2 Å². The highest BCUT2D eigenvalue weighted by atomic mass is 19.3. The van der Waals surface area contributed by atoms with Crippen molar-refractivity contribution in [2.45, 2.75) is 65.3 Å². The van der Waals surface area contributed by atoms with Crippen LogP contribution in [0.2, 0.25) is 0 Å². The molecule has 2 atom stereocenters. The molecular weight excluding hydrogens is 436 g/mol. The summed E-state index contributed by atoms with van der Waals surface area (Å²) in [5, 5.41) is 14.4. The van der Waals surface area contributed by atoms with Crippen LogP contribution >= 0.6 is 0 Å². The third-order valence-electron chi connectivity index (χ3n) is 5.54. The van der Waals surface area contributed by atoms with Crippen LogP contribution < -0.4 is 10.6 Å². The first kappa shape index (κ1) is 27.3. The van der Waals surface area contributed by atoms with E-state index in [-0.39, 0.29) is 23.6 Å². The Bertz CT molecular complexity index is 921. The van der Waals surface area contributed by atoms with Gasteiger partial charge in [0.25, 0.3) is 11.8 Å². The van der Waals surface area contributed by atoms with E-state index in [9.17, 15) is 13.6 Å². The van der Waals surface area contributed by atoms with Gasteiger partial charge in [0.2, 0.25) is 0 Å². The predicted molar refractivity (Wildman–Crippen MR) is 134 cm³/mol. The number of hydrogen-bond acceptors (Lipinski definition) is 4. The molecule has 0 saturated carbocycles. The molecule has 1 aliphatic carbocycles. The largest absolute Gasteiger partial charge is 0.488 e. The van der Waals surface area contributed by atoms with E-state index in [0.29, 0.717) is 18.0 Å². The zero-order valence-corrected chi connectivity index (χ0v) is 20.6. The lowest BCUT2D eigenvalue weighted by molar-refractivity contribution is -0.119. The molecule has 2 rings (SSSR count). The van der Waals surface area contributed by atoms with Crippen LogP contribution in [-0.4, -0.2) is 36.7 Å². The van der Waals surface area contributed by atoms with Gasteiger partial charge in [0.05, 0.1) is 5.71 Å². The minimum atomic E-state index is -2.86. The summed E-state index contributed by atoms with van der Waals surface area (Å²) in [4.78, 5) is 12.5. The second-order valence-corrected chi connectivity index (χ2v) is 9.00. The predicted octanol–water partition coefficient (Wildman–Crippen LogP) is 5.75. The monoisotopic (exact) mass is 473 g/mol. The van der Waals surface area contributed by atoms with Gasteiger partial charge in [-0.3, -0.25) is 4.79 Å². The van der Waals surface area contributed by atoms with Gasteiger partial charge in [-0.25, -0.2) is 8.78 Å². The molecule has 0 radical (unpaired) electrons. The minimum Gasteiger partial charge on any atom is -0.488 e. The number of nitrogens with one attached hydrogen (secondary N) is 3. The SMILES string of the molecule is CC/C=C/C(C)=C\C=C(/C)C(=N)/C=C1\NCC(CCC2C=C(OCC(C)(F)F)C=CC2)NC1=O. The van der Waals surface area contributed by atoms with E-state index in [1.54, 1.807) is 12.2 Å². The van der Waals surface area contributed by atoms with E-state index in [2.05, 4.69) is 23.6 Å². The summed E-state index contributed by atoms with van der Waals surface area (Å²) >= 11 is 0. The molecule has 1 aliphatic heterocycles. The molecule has 0 aromatic heterocycles. The molecule has 0 aromatic carbocycles. The second-order valence-electron chi connectivity index (χ2n) is 9.00. The molecular formula is C27H37F2N3O2. The Balaban J connectivity index is 1.85. The molecule has 2 unspecified atom stereocenters. The number of allylic oxidation sites excluding steroid dienone is 10. The molecule has 0 spiro atoms. The van der Waals surface area contributed by atoms with Crippen molar-refractivity contribution >= 4 is 11.6 Å². The van der Waals surface area contributed by atoms with Crippen LogP contribution in [-0.2, 0) is 9.53 Å². The summed E-state index contributed by atoms with van der Waals surface area (Å²) in [6.45, 7) is 6.71. The molecule has 5 nitrogen and oxygen atoms in total. The van der Waals surface area contributed by atoms with Crippen molar-refractivity contribution in [3.05, 3.63) is 71.2 Å². The van der Waals surface area contributed by atoms with E-state index in [0.717, 1.165) is 43.8 Å². The van der Waals surface area contributed by atoms with Crippen LogP contribution in [0.3, 0.4) is 0 Å². The van der Waals surface area contributed by atoms with Crippen molar-refractivity contribution in [1.82, 2.24) is 10.6 Å². The van der Waals surface area contributed by atoms with Gasteiger partial charge in [-0.1, -0.05) is 42.9 Å². The molecule has 0 bridgehead atoms. The Labute approximate surface area is 201 Å². The van der Waals surface area contributed by atoms with Crippen LogP contribution in [0.5, 0.6) is 0 Å². The van der Waals surface area contributed by atoms with Gasteiger partial charge in [-0.2, -0.15) is 0 Å². The minimum absolute atomic E-state index is 0.0324. The number of alkyl halides is 2. The first-order valence-electron chi connectivity index (χ1n) is 11.8. The van der Waals surface area contributed by atoms with Gasteiger partial charge in [0.1, 0.15) is 11.5 Å². The van der Waals surface area contributed by atoms with Crippen molar-refractivity contribution in [3.63, 3.8) is 0 Å². The van der Waals surface area contributed by atoms with Gasteiger partial charge in [0, 0.05) is 19.5 Å². The number of piperazine rings is 1. The summed E-state index contributed by atoms with van der Waals surface area (Å²) < 4.78 is 31.2. The Morgan fingerprint density at radius 2 is 2.06 bits per heavy atom. The van der Waals surface area contributed by atoms with Crippen molar-refractivity contribution in [2.24, 2.45) is 5.92 Å². The van der Waals surface area contributed by atoms with Gasteiger partial charge in [0.15, 0.2) is 6.61 Å². The molecule has 186 valence electrons.